The maximum absolute atomic E-state index is 14.4. The van der Waals surface area contributed by atoms with Crippen LogP contribution in [0.4, 0.5) is 13.2 Å². The molecule has 0 bridgehead atoms. The summed E-state index contributed by atoms with van der Waals surface area (Å²) in [7, 11) is 0. The van der Waals surface area contributed by atoms with Crippen molar-refractivity contribution in [1.29, 1.82) is 0 Å². The van der Waals surface area contributed by atoms with Crippen LogP contribution in [0, 0.1) is 0 Å². The molecule has 0 aliphatic rings. The van der Waals surface area contributed by atoms with Crippen molar-refractivity contribution in [3.8, 4) is 0 Å². The van der Waals surface area contributed by atoms with Gasteiger partial charge in [-0.1, -0.05) is 56.3 Å². The summed E-state index contributed by atoms with van der Waals surface area (Å²) < 4.78 is 42.7. The largest absolute Gasteiger partial charge is 0.349 e. The highest BCUT2D eigenvalue weighted by Crippen LogP contribution is 2.31. The van der Waals surface area contributed by atoms with Gasteiger partial charge in [0, 0.05) is 12.1 Å². The Morgan fingerprint density at radius 3 is 1.96 bits per heavy atom. The van der Waals surface area contributed by atoms with Crippen LogP contribution in [0.1, 0.15) is 55.5 Å². The van der Waals surface area contributed by atoms with Crippen molar-refractivity contribution in [1.82, 2.24) is 5.32 Å². The molecule has 2 aromatic carbocycles. The Hall–Kier alpha value is -2.30. The molecular weight excluding hydrogens is 351 g/mol. The fraction of sp³-hybridized carbons (Fsp3) is 0.409. The van der Waals surface area contributed by atoms with Crippen LogP contribution in [0.25, 0.3) is 0 Å². The molecule has 5 heteroatoms. The highest BCUT2D eigenvalue weighted by atomic mass is 19.3. The van der Waals surface area contributed by atoms with Gasteiger partial charge >= 0.3 is 5.92 Å². The standard InChI is InChI=1S/C22H26F3NO/c1-5-16-8-7-15(13-17(16)6-2)14-26-20(27)22(24,25)19-11-9-18(10-12-19)21(3,4)23/h7-13H,5-6,14H2,1-4H3,(H,26,27). The molecule has 0 unspecified atom stereocenters. The minimum absolute atomic E-state index is 0.0288. The van der Waals surface area contributed by atoms with Gasteiger partial charge in [-0.25, -0.2) is 4.39 Å². The van der Waals surface area contributed by atoms with E-state index >= 15 is 0 Å². The van der Waals surface area contributed by atoms with Crippen molar-refractivity contribution in [2.45, 2.75) is 58.7 Å². The number of benzene rings is 2. The molecular formula is C22H26F3NO. The molecule has 2 nitrogen and oxygen atoms in total. The van der Waals surface area contributed by atoms with Crippen LogP contribution in [0.3, 0.4) is 0 Å². The van der Waals surface area contributed by atoms with Crippen LogP contribution in [0.2, 0.25) is 0 Å². The summed E-state index contributed by atoms with van der Waals surface area (Å²) in [6, 6.07) is 10.5. The van der Waals surface area contributed by atoms with Crippen LogP contribution in [-0.2, 0) is 35.8 Å². The molecule has 0 heterocycles. The lowest BCUT2D eigenvalue weighted by atomic mass is 9.97. The number of rotatable bonds is 7. The van der Waals surface area contributed by atoms with Crippen LogP contribution in [0.5, 0.6) is 0 Å². The molecule has 0 fully saturated rings. The third kappa shape index (κ3) is 4.90. The number of amides is 1. The third-order valence-corrected chi connectivity index (χ3v) is 4.70. The van der Waals surface area contributed by atoms with Gasteiger partial charge in [0.1, 0.15) is 5.67 Å². The van der Waals surface area contributed by atoms with Gasteiger partial charge in [0.15, 0.2) is 0 Å². The topological polar surface area (TPSA) is 29.1 Å². The van der Waals surface area contributed by atoms with Crippen LogP contribution < -0.4 is 5.32 Å². The minimum Gasteiger partial charge on any atom is -0.346 e. The molecule has 0 aliphatic heterocycles. The highest BCUT2D eigenvalue weighted by molar-refractivity contribution is 5.84. The van der Waals surface area contributed by atoms with Crippen molar-refractivity contribution in [2.24, 2.45) is 0 Å². The Kier molecular flexibility index (Phi) is 6.34. The van der Waals surface area contributed by atoms with E-state index in [0.717, 1.165) is 36.1 Å². The first-order chi connectivity index (χ1) is 12.6. The maximum atomic E-state index is 14.4. The molecule has 0 atom stereocenters. The van der Waals surface area contributed by atoms with Gasteiger partial charge in [0.05, 0.1) is 0 Å². The molecule has 0 radical (unpaired) electrons. The van der Waals surface area contributed by atoms with Gasteiger partial charge in [-0.3, -0.25) is 4.79 Å². The van der Waals surface area contributed by atoms with E-state index in [-0.39, 0.29) is 12.1 Å². The zero-order valence-corrected chi connectivity index (χ0v) is 16.2. The fourth-order valence-corrected chi connectivity index (χ4v) is 2.96. The molecule has 1 amide bonds. The van der Waals surface area contributed by atoms with Crippen molar-refractivity contribution in [2.75, 3.05) is 0 Å². The van der Waals surface area contributed by atoms with E-state index in [1.165, 1.54) is 31.5 Å². The van der Waals surface area contributed by atoms with E-state index in [1.807, 2.05) is 25.1 Å². The summed E-state index contributed by atoms with van der Waals surface area (Å²) in [5, 5.41) is 2.31. The number of halogens is 3. The van der Waals surface area contributed by atoms with Gasteiger partial charge in [-0.15, -0.1) is 0 Å². The Balaban J connectivity index is 2.10. The number of hydrogen-bond donors (Lipinski definition) is 1. The van der Waals surface area contributed by atoms with E-state index in [9.17, 15) is 18.0 Å². The average Bonchev–Trinajstić information content (AvgIpc) is 2.65. The smallest absolute Gasteiger partial charge is 0.346 e. The SMILES string of the molecule is CCc1ccc(CNC(=O)C(F)(F)c2ccc(C(C)(C)F)cc2)cc1CC. The third-order valence-electron chi connectivity index (χ3n) is 4.70. The van der Waals surface area contributed by atoms with E-state index in [1.54, 1.807) is 0 Å². The Morgan fingerprint density at radius 2 is 1.44 bits per heavy atom. The summed E-state index contributed by atoms with van der Waals surface area (Å²) in [5.74, 6) is -5.05. The quantitative estimate of drug-likeness (QED) is 0.685. The molecule has 0 aromatic heterocycles. The summed E-state index contributed by atoms with van der Waals surface area (Å²) in [4.78, 5) is 12.1. The summed E-state index contributed by atoms with van der Waals surface area (Å²) in [6.07, 6.45) is 1.75. The molecule has 0 spiro atoms. The number of carbonyl (C=O) groups excluding carboxylic acids is 1. The number of hydrogen-bond acceptors (Lipinski definition) is 1. The van der Waals surface area contributed by atoms with Gasteiger partial charge in [-0.05, 0) is 48.9 Å². The molecule has 0 aliphatic carbocycles. The van der Waals surface area contributed by atoms with E-state index < -0.39 is 23.1 Å². The predicted molar refractivity (Wildman–Crippen MR) is 102 cm³/mol. The molecule has 0 saturated carbocycles. The van der Waals surface area contributed by atoms with E-state index in [2.05, 4.69) is 12.2 Å². The molecule has 0 saturated heterocycles. The van der Waals surface area contributed by atoms with Gasteiger partial charge < -0.3 is 5.32 Å². The lowest BCUT2D eigenvalue weighted by Gasteiger charge is -2.19. The second kappa shape index (κ2) is 8.15. The Labute approximate surface area is 158 Å². The number of aryl methyl sites for hydroxylation is 2. The monoisotopic (exact) mass is 377 g/mol. The predicted octanol–water partition coefficient (Wildman–Crippen LogP) is 5.42. The lowest BCUT2D eigenvalue weighted by molar-refractivity contribution is -0.147. The number of carbonyl (C=O) groups is 1. The van der Waals surface area contributed by atoms with Crippen molar-refractivity contribution in [3.05, 3.63) is 70.3 Å². The van der Waals surface area contributed by atoms with Crippen LogP contribution >= 0.6 is 0 Å². The average molecular weight is 377 g/mol. The van der Waals surface area contributed by atoms with Crippen molar-refractivity contribution >= 4 is 5.91 Å². The van der Waals surface area contributed by atoms with Gasteiger partial charge in [0.2, 0.25) is 0 Å². The van der Waals surface area contributed by atoms with Gasteiger partial charge in [0.25, 0.3) is 5.91 Å². The molecule has 1 N–H and O–H groups in total. The van der Waals surface area contributed by atoms with Crippen molar-refractivity contribution < 1.29 is 18.0 Å². The minimum atomic E-state index is -3.68. The second-order valence-electron chi connectivity index (χ2n) is 7.12. The van der Waals surface area contributed by atoms with Gasteiger partial charge in [-0.2, -0.15) is 8.78 Å². The fourth-order valence-electron chi connectivity index (χ4n) is 2.96. The first-order valence-electron chi connectivity index (χ1n) is 9.16. The Morgan fingerprint density at radius 1 is 0.889 bits per heavy atom. The van der Waals surface area contributed by atoms with Crippen LogP contribution in [-0.4, -0.2) is 5.91 Å². The van der Waals surface area contributed by atoms with E-state index in [0.29, 0.717) is 0 Å². The first-order valence-corrected chi connectivity index (χ1v) is 9.16. The van der Waals surface area contributed by atoms with Crippen LogP contribution in [0.15, 0.2) is 42.5 Å². The second-order valence-corrected chi connectivity index (χ2v) is 7.12. The summed E-state index contributed by atoms with van der Waals surface area (Å²) >= 11 is 0. The van der Waals surface area contributed by atoms with Crippen molar-refractivity contribution in [3.63, 3.8) is 0 Å². The molecule has 2 rings (SSSR count). The Bertz CT molecular complexity index is 792. The maximum Gasteiger partial charge on any atom is 0.349 e. The summed E-state index contributed by atoms with van der Waals surface area (Å²) in [5.41, 5.74) is 1.35. The first kappa shape index (κ1) is 21.0. The zero-order chi connectivity index (χ0) is 20.2. The summed E-state index contributed by atoms with van der Waals surface area (Å²) in [6.45, 7) is 6.82. The molecule has 2 aromatic rings. The zero-order valence-electron chi connectivity index (χ0n) is 16.2. The normalized spacial score (nSPS) is 12.1. The number of nitrogens with one attached hydrogen (secondary N) is 1. The highest BCUT2D eigenvalue weighted by Gasteiger charge is 2.40. The number of alkyl halides is 3. The molecule has 146 valence electrons. The molecule has 27 heavy (non-hydrogen) atoms. The lowest BCUT2D eigenvalue weighted by Crippen LogP contribution is -2.37. The van der Waals surface area contributed by atoms with E-state index in [4.69, 9.17) is 0 Å².